The largest absolute Gasteiger partial charge is 0.472 e. The van der Waals surface area contributed by atoms with Crippen LogP contribution < -0.4 is 0 Å². The van der Waals surface area contributed by atoms with E-state index in [1.807, 2.05) is 0 Å². The third kappa shape index (κ3) is 70.0. The molecule has 0 aromatic heterocycles. The highest BCUT2D eigenvalue weighted by atomic mass is 31.2. The lowest BCUT2D eigenvalue weighted by molar-refractivity contribution is -0.161. The maximum absolute atomic E-state index is 13.1. The van der Waals surface area contributed by atoms with Crippen LogP contribution in [0.5, 0.6) is 0 Å². The van der Waals surface area contributed by atoms with Crippen LogP contribution in [0.15, 0.2) is 24.3 Å². The van der Waals surface area contributed by atoms with E-state index in [9.17, 15) is 43.2 Å². The third-order valence-corrected chi connectivity index (χ3v) is 19.2. The molecular formula is C77H146O17P2. The second-order valence-electron chi connectivity index (χ2n) is 28.0. The summed E-state index contributed by atoms with van der Waals surface area (Å²) in [4.78, 5) is 72.9. The number of carbonyl (C=O) groups is 4. The van der Waals surface area contributed by atoms with Crippen LogP contribution in [-0.4, -0.2) is 96.7 Å². The van der Waals surface area contributed by atoms with Gasteiger partial charge in [0.25, 0.3) is 0 Å². The van der Waals surface area contributed by atoms with Gasteiger partial charge < -0.3 is 33.8 Å². The number of carbonyl (C=O) groups excluding carboxylic acids is 4. The minimum atomic E-state index is -4.97. The van der Waals surface area contributed by atoms with Gasteiger partial charge in [0.05, 0.1) is 26.4 Å². The lowest BCUT2D eigenvalue weighted by Crippen LogP contribution is -2.30. The van der Waals surface area contributed by atoms with Crippen molar-refractivity contribution in [1.82, 2.24) is 0 Å². The number of phosphoric ester groups is 2. The predicted molar refractivity (Wildman–Crippen MR) is 391 cm³/mol. The van der Waals surface area contributed by atoms with Crippen LogP contribution in [-0.2, 0) is 65.4 Å². The van der Waals surface area contributed by atoms with E-state index in [1.54, 1.807) is 0 Å². The molecule has 0 aromatic carbocycles. The van der Waals surface area contributed by atoms with Crippen molar-refractivity contribution in [1.29, 1.82) is 0 Å². The zero-order chi connectivity index (χ0) is 70.7. The quantitative estimate of drug-likeness (QED) is 0.0169. The van der Waals surface area contributed by atoms with E-state index in [0.717, 1.165) is 115 Å². The molecule has 3 N–H and O–H groups in total. The van der Waals surface area contributed by atoms with Gasteiger partial charge in [-0.1, -0.05) is 323 Å². The molecule has 19 heteroatoms. The number of phosphoric acid groups is 2. The average Bonchev–Trinajstić information content (AvgIpc) is 1.43. The first-order chi connectivity index (χ1) is 46.4. The van der Waals surface area contributed by atoms with Crippen molar-refractivity contribution < 1.29 is 80.2 Å². The molecule has 0 saturated heterocycles. The van der Waals surface area contributed by atoms with E-state index in [4.69, 9.17) is 37.0 Å². The number of esters is 4. The molecule has 0 aliphatic carbocycles. The summed E-state index contributed by atoms with van der Waals surface area (Å²) in [6, 6.07) is 0. The molecule has 0 spiro atoms. The van der Waals surface area contributed by atoms with Crippen LogP contribution in [0.2, 0.25) is 0 Å². The lowest BCUT2D eigenvalue weighted by atomic mass is 10.0. The fourth-order valence-electron chi connectivity index (χ4n) is 11.3. The zero-order valence-corrected chi connectivity index (χ0v) is 63.9. The summed E-state index contributed by atoms with van der Waals surface area (Å²) in [5, 5.41) is 10.6. The van der Waals surface area contributed by atoms with Gasteiger partial charge in [0.1, 0.15) is 19.3 Å². The van der Waals surface area contributed by atoms with Gasteiger partial charge in [-0.05, 0) is 63.2 Å². The highest BCUT2D eigenvalue weighted by Crippen LogP contribution is 2.45. The number of hydrogen-bond donors (Lipinski definition) is 3. The van der Waals surface area contributed by atoms with Gasteiger partial charge in [-0.3, -0.25) is 37.3 Å². The van der Waals surface area contributed by atoms with Gasteiger partial charge in [-0.25, -0.2) is 9.13 Å². The van der Waals surface area contributed by atoms with E-state index in [0.29, 0.717) is 25.7 Å². The SMILES string of the molecule is CCCCCC/C=C\C=C/CCCCCCCC(=O)O[C@H](COC(=O)CCCCCCCCCCCCCCCCC)COP(=O)(O)OC[C@@H](O)COP(=O)(O)OC[C@@H](COC(=O)CCCCCCCCCCCC(C)C)OC(=O)CCCCCCCCCCCCCC(C)C. The Morgan fingerprint density at radius 3 is 0.854 bits per heavy atom. The molecule has 0 bridgehead atoms. The molecule has 0 fully saturated rings. The molecule has 17 nitrogen and oxygen atoms in total. The maximum Gasteiger partial charge on any atom is 0.472 e. The van der Waals surface area contributed by atoms with E-state index >= 15 is 0 Å². The smallest absolute Gasteiger partial charge is 0.462 e. The number of aliphatic hydroxyl groups is 1. The summed E-state index contributed by atoms with van der Waals surface area (Å²) < 4.78 is 68.5. The monoisotopic (exact) mass is 1410 g/mol. The third-order valence-electron chi connectivity index (χ3n) is 17.3. The molecule has 0 aliphatic heterocycles. The van der Waals surface area contributed by atoms with E-state index < -0.39 is 97.5 Å². The minimum Gasteiger partial charge on any atom is -0.462 e. The zero-order valence-electron chi connectivity index (χ0n) is 62.2. The first kappa shape index (κ1) is 93.5. The molecule has 0 rings (SSSR count). The predicted octanol–water partition coefficient (Wildman–Crippen LogP) is 22.3. The summed E-state index contributed by atoms with van der Waals surface area (Å²) in [5.41, 5.74) is 0. The topological polar surface area (TPSA) is 237 Å². The normalized spacial score (nSPS) is 14.2. The molecule has 0 radical (unpaired) electrons. The van der Waals surface area contributed by atoms with E-state index in [1.165, 1.54) is 180 Å². The number of rotatable bonds is 74. The summed E-state index contributed by atoms with van der Waals surface area (Å²) in [7, 11) is -9.93. The Balaban J connectivity index is 5.30. The summed E-state index contributed by atoms with van der Waals surface area (Å²) >= 11 is 0. The molecule has 0 aromatic rings. The molecule has 0 aliphatic rings. The molecular weight excluding hydrogens is 1260 g/mol. The highest BCUT2D eigenvalue weighted by Gasteiger charge is 2.30. The molecule has 96 heavy (non-hydrogen) atoms. The van der Waals surface area contributed by atoms with Crippen molar-refractivity contribution in [3.05, 3.63) is 24.3 Å². The number of allylic oxidation sites excluding steroid dienone is 4. The maximum atomic E-state index is 13.1. The summed E-state index contributed by atoms with van der Waals surface area (Å²) in [6.07, 6.45) is 59.0. The second kappa shape index (κ2) is 68.3. The minimum absolute atomic E-state index is 0.0854. The molecule has 0 amide bonds. The fourth-order valence-corrected chi connectivity index (χ4v) is 12.9. The Labute approximate surface area is 586 Å². The Bertz CT molecular complexity index is 1950. The Morgan fingerprint density at radius 1 is 0.323 bits per heavy atom. The van der Waals surface area contributed by atoms with Crippen molar-refractivity contribution in [3.8, 4) is 0 Å². The van der Waals surface area contributed by atoms with Gasteiger partial charge in [-0.2, -0.15) is 0 Å². The molecule has 2 unspecified atom stereocenters. The number of hydrogen-bond acceptors (Lipinski definition) is 15. The number of unbranched alkanes of at least 4 members (excludes halogenated alkanes) is 41. The van der Waals surface area contributed by atoms with E-state index in [2.05, 4.69) is 65.8 Å². The fraction of sp³-hybridized carbons (Fsp3) is 0.896. The first-order valence-corrected chi connectivity index (χ1v) is 42.3. The summed E-state index contributed by atoms with van der Waals surface area (Å²) in [6.45, 7) is 9.52. The first-order valence-electron chi connectivity index (χ1n) is 39.3. The summed E-state index contributed by atoms with van der Waals surface area (Å²) in [5.74, 6) is -0.638. The standard InChI is InChI=1S/C77H146O17P2/c1-7-9-11-13-15-17-19-21-23-25-29-35-41-47-53-59-74(79)87-65-72(93-76(81)61-55-49-43-36-30-26-24-22-20-18-16-14-12-10-8-2)67-91-95(83,84)89-63-71(78)64-90-96(85,86)92-68-73(66-88-75(80)60-54-48-42-38-32-34-40-46-52-58-70(5)6)94-77(82)62-56-50-44-37-31-27-28-33-39-45-51-57-69(3)4/h18,20,22,24,69-73,78H,7-17,19,21,23,25-68H2,1-6H3,(H,83,84)(H,85,86)/b20-18-,24-22-/t71-,72-,73-/m1/s1. The van der Waals surface area contributed by atoms with Gasteiger partial charge >= 0.3 is 39.5 Å². The highest BCUT2D eigenvalue weighted by molar-refractivity contribution is 7.47. The number of aliphatic hydroxyl groups excluding tert-OH is 1. The Hall–Kier alpha value is -2.46. The molecule has 5 atom stereocenters. The second-order valence-corrected chi connectivity index (χ2v) is 30.9. The Morgan fingerprint density at radius 2 is 0.562 bits per heavy atom. The van der Waals surface area contributed by atoms with Crippen LogP contribution in [0, 0.1) is 11.8 Å². The van der Waals surface area contributed by atoms with Gasteiger partial charge in [0.2, 0.25) is 0 Å². The van der Waals surface area contributed by atoms with Crippen molar-refractivity contribution in [3.63, 3.8) is 0 Å². The van der Waals surface area contributed by atoms with E-state index in [-0.39, 0.29) is 25.7 Å². The van der Waals surface area contributed by atoms with Crippen LogP contribution >= 0.6 is 15.6 Å². The van der Waals surface area contributed by atoms with Gasteiger partial charge in [0, 0.05) is 25.7 Å². The van der Waals surface area contributed by atoms with Crippen molar-refractivity contribution >= 4 is 39.5 Å². The molecule has 0 saturated carbocycles. The Kier molecular flexibility index (Phi) is 66.6. The lowest BCUT2D eigenvalue weighted by Gasteiger charge is -2.21. The van der Waals surface area contributed by atoms with Crippen LogP contribution in [0.4, 0.5) is 0 Å². The van der Waals surface area contributed by atoms with Crippen LogP contribution in [0.25, 0.3) is 0 Å². The van der Waals surface area contributed by atoms with Crippen LogP contribution in [0.1, 0.15) is 375 Å². The van der Waals surface area contributed by atoms with Crippen molar-refractivity contribution in [2.45, 2.75) is 394 Å². The molecule has 0 heterocycles. The van der Waals surface area contributed by atoms with Crippen LogP contribution in [0.3, 0.4) is 0 Å². The number of ether oxygens (including phenoxy) is 4. The van der Waals surface area contributed by atoms with Gasteiger partial charge in [0.15, 0.2) is 12.2 Å². The molecule has 566 valence electrons. The van der Waals surface area contributed by atoms with Crippen molar-refractivity contribution in [2.24, 2.45) is 11.8 Å². The average molecular weight is 1410 g/mol. The van der Waals surface area contributed by atoms with Crippen molar-refractivity contribution in [2.75, 3.05) is 39.6 Å². The van der Waals surface area contributed by atoms with Gasteiger partial charge in [-0.15, -0.1) is 0 Å².